The van der Waals surface area contributed by atoms with Gasteiger partial charge in [-0.3, -0.25) is 9.20 Å². The maximum Gasteiger partial charge on any atom is 0.268 e. The molecule has 4 aromatic carbocycles. The maximum absolute atomic E-state index is 13.9. The van der Waals surface area contributed by atoms with Crippen molar-refractivity contribution in [2.24, 2.45) is 0 Å². The largest absolute Gasteiger partial charge is 0.268 e. The molecule has 0 atom stereocenters. The van der Waals surface area contributed by atoms with Crippen LogP contribution < -0.4 is 5.56 Å². The molecule has 156 valence electrons. The molecule has 5 heteroatoms. The van der Waals surface area contributed by atoms with Crippen LogP contribution in [-0.4, -0.2) is 9.38 Å². The molecule has 3 heterocycles. The summed E-state index contributed by atoms with van der Waals surface area (Å²) in [4.78, 5) is 20.3. The van der Waals surface area contributed by atoms with Crippen molar-refractivity contribution in [2.75, 3.05) is 0 Å². The summed E-state index contributed by atoms with van der Waals surface area (Å²) in [6.07, 6.45) is 0. The Hall–Kier alpha value is -3.80. The molecule has 3 aromatic heterocycles. The van der Waals surface area contributed by atoms with Crippen molar-refractivity contribution in [3.05, 3.63) is 107 Å². The lowest BCUT2D eigenvalue weighted by atomic mass is 10.0. The molecule has 0 saturated carbocycles. The lowest BCUT2D eigenvalue weighted by Crippen LogP contribution is -2.12. The molecule has 0 aliphatic carbocycles. The molecule has 0 fully saturated rings. The molecule has 0 saturated heterocycles. The Balaban J connectivity index is 1.54. The van der Waals surface area contributed by atoms with Gasteiger partial charge in [0, 0.05) is 10.1 Å². The number of hydrogen-bond acceptors (Lipinski definition) is 4. The molecule has 0 N–H and O–H groups in total. The monoisotopic (exact) mass is 460 g/mol. The second-order valence-corrected chi connectivity index (χ2v) is 10.1. The molecule has 0 spiro atoms. The fourth-order valence-corrected chi connectivity index (χ4v) is 6.59. The van der Waals surface area contributed by atoms with Crippen LogP contribution in [0, 0.1) is 0 Å². The van der Waals surface area contributed by atoms with Crippen LogP contribution in [0.25, 0.3) is 57.7 Å². The van der Waals surface area contributed by atoms with Gasteiger partial charge in [-0.15, -0.1) is 11.3 Å². The predicted octanol–water partition coefficient (Wildman–Crippen LogP) is 7.61. The Morgan fingerprint density at radius 3 is 1.97 bits per heavy atom. The Morgan fingerprint density at radius 1 is 0.636 bits per heavy atom. The van der Waals surface area contributed by atoms with E-state index in [1.54, 1.807) is 27.1 Å². The number of benzene rings is 4. The van der Waals surface area contributed by atoms with E-state index in [-0.39, 0.29) is 5.56 Å². The highest BCUT2D eigenvalue weighted by atomic mass is 32.1. The molecule has 0 radical (unpaired) electrons. The van der Waals surface area contributed by atoms with Crippen molar-refractivity contribution < 1.29 is 0 Å². The molecular weight excluding hydrogens is 444 g/mol. The van der Waals surface area contributed by atoms with Gasteiger partial charge >= 0.3 is 0 Å². The van der Waals surface area contributed by atoms with Crippen LogP contribution in [0.4, 0.5) is 0 Å². The Bertz CT molecular complexity index is 1750. The summed E-state index contributed by atoms with van der Waals surface area (Å²) in [5, 5.41) is 1.68. The zero-order valence-electron chi connectivity index (χ0n) is 17.4. The van der Waals surface area contributed by atoms with Gasteiger partial charge in [0.05, 0.1) is 15.6 Å². The summed E-state index contributed by atoms with van der Waals surface area (Å²) in [6.45, 7) is 0. The van der Waals surface area contributed by atoms with Crippen LogP contribution in [0.1, 0.15) is 0 Å². The lowest BCUT2D eigenvalue weighted by Gasteiger charge is -2.03. The third kappa shape index (κ3) is 2.86. The van der Waals surface area contributed by atoms with Crippen LogP contribution in [0.5, 0.6) is 0 Å². The van der Waals surface area contributed by atoms with Crippen molar-refractivity contribution in [1.82, 2.24) is 9.38 Å². The van der Waals surface area contributed by atoms with Gasteiger partial charge in [-0.1, -0.05) is 84.1 Å². The molecule has 7 aromatic rings. The van der Waals surface area contributed by atoms with E-state index in [0.717, 1.165) is 52.3 Å². The summed E-state index contributed by atoms with van der Waals surface area (Å²) in [5.41, 5.74) is 5.39. The van der Waals surface area contributed by atoms with Gasteiger partial charge in [-0.2, -0.15) is 0 Å². The fraction of sp³-hybridized carbons (Fsp3) is 0. The lowest BCUT2D eigenvalue weighted by molar-refractivity contribution is 1.17. The van der Waals surface area contributed by atoms with Gasteiger partial charge in [0.1, 0.15) is 4.83 Å². The molecule has 0 bridgehead atoms. The quantitative estimate of drug-likeness (QED) is 0.266. The highest BCUT2D eigenvalue weighted by Crippen LogP contribution is 2.36. The van der Waals surface area contributed by atoms with Crippen molar-refractivity contribution in [3.63, 3.8) is 0 Å². The van der Waals surface area contributed by atoms with E-state index >= 15 is 0 Å². The average Bonchev–Trinajstić information content (AvgIpc) is 3.42. The first-order valence-corrected chi connectivity index (χ1v) is 12.3. The first-order chi connectivity index (χ1) is 16.3. The molecule has 3 nitrogen and oxygen atoms in total. The maximum atomic E-state index is 13.9. The standard InChI is InChI=1S/C28H16N2OS2/c31-27-25-21-15-19(17-7-3-1-4-8-17)11-13-23(21)32-26(25)29-28-30(27)22-16-20(12-14-24(22)33-28)18-9-5-2-6-10-18/h1-16H. The highest BCUT2D eigenvalue weighted by molar-refractivity contribution is 7.26. The minimum atomic E-state index is 0.00271. The van der Waals surface area contributed by atoms with E-state index < -0.39 is 0 Å². The number of rotatable bonds is 2. The zero-order valence-corrected chi connectivity index (χ0v) is 19.0. The van der Waals surface area contributed by atoms with E-state index in [2.05, 4.69) is 60.7 Å². The molecule has 0 amide bonds. The van der Waals surface area contributed by atoms with Crippen LogP contribution in [0.3, 0.4) is 0 Å². The fourth-order valence-electron chi connectivity index (χ4n) is 4.48. The Morgan fingerprint density at radius 2 is 1.27 bits per heavy atom. The third-order valence-corrected chi connectivity index (χ3v) is 8.18. The topological polar surface area (TPSA) is 34.4 Å². The van der Waals surface area contributed by atoms with Crippen LogP contribution in [-0.2, 0) is 0 Å². The van der Waals surface area contributed by atoms with Gasteiger partial charge in [0.25, 0.3) is 5.56 Å². The number of aromatic nitrogens is 2. The van der Waals surface area contributed by atoms with Crippen LogP contribution in [0.2, 0.25) is 0 Å². The Kier molecular flexibility index (Phi) is 4.03. The minimum absolute atomic E-state index is 0.00271. The van der Waals surface area contributed by atoms with Gasteiger partial charge in [0.15, 0.2) is 4.96 Å². The number of hydrogen-bond donors (Lipinski definition) is 0. The molecule has 0 aliphatic heterocycles. The van der Waals surface area contributed by atoms with Gasteiger partial charge in [0.2, 0.25) is 0 Å². The second-order valence-electron chi connectivity index (χ2n) is 8.04. The van der Waals surface area contributed by atoms with Crippen LogP contribution >= 0.6 is 22.7 Å². The molecule has 0 aliphatic rings. The van der Waals surface area contributed by atoms with Gasteiger partial charge in [-0.05, 0) is 46.5 Å². The summed E-state index contributed by atoms with van der Waals surface area (Å²) in [6, 6.07) is 33.2. The van der Waals surface area contributed by atoms with E-state index in [1.165, 1.54) is 0 Å². The highest BCUT2D eigenvalue weighted by Gasteiger charge is 2.17. The van der Waals surface area contributed by atoms with Crippen molar-refractivity contribution in [2.45, 2.75) is 0 Å². The normalized spacial score (nSPS) is 11.8. The average molecular weight is 461 g/mol. The first-order valence-electron chi connectivity index (χ1n) is 10.7. The number of nitrogens with zero attached hydrogens (tertiary/aromatic N) is 2. The van der Waals surface area contributed by atoms with Crippen molar-refractivity contribution in [1.29, 1.82) is 0 Å². The van der Waals surface area contributed by atoms with E-state index in [1.807, 2.05) is 36.4 Å². The van der Waals surface area contributed by atoms with Gasteiger partial charge in [-0.25, -0.2) is 4.98 Å². The van der Waals surface area contributed by atoms with E-state index in [0.29, 0.717) is 5.39 Å². The van der Waals surface area contributed by atoms with Crippen molar-refractivity contribution in [3.8, 4) is 22.3 Å². The number of fused-ring (bicyclic) bond motifs is 6. The number of thiazole rings is 1. The molecule has 7 rings (SSSR count). The smallest absolute Gasteiger partial charge is 0.268 e. The molecular formula is C28H16N2OS2. The first kappa shape index (κ1) is 18.7. The summed E-state index contributed by atoms with van der Waals surface area (Å²) in [5.74, 6) is 0. The molecule has 0 unspecified atom stereocenters. The van der Waals surface area contributed by atoms with E-state index in [4.69, 9.17) is 4.98 Å². The van der Waals surface area contributed by atoms with Crippen LogP contribution in [0.15, 0.2) is 102 Å². The minimum Gasteiger partial charge on any atom is -0.268 e. The zero-order chi connectivity index (χ0) is 21.9. The van der Waals surface area contributed by atoms with Crippen molar-refractivity contribution >= 4 is 58.2 Å². The van der Waals surface area contributed by atoms with Gasteiger partial charge < -0.3 is 0 Å². The SMILES string of the molecule is O=c1c2c(nc3sc4ccc(-c5ccccc5)cc4n13)sc1ccc(-c3ccccc3)cc12. The number of thiophene rings is 1. The second kappa shape index (κ2) is 7.10. The third-order valence-electron chi connectivity index (χ3n) is 6.09. The summed E-state index contributed by atoms with van der Waals surface area (Å²) >= 11 is 3.15. The summed E-state index contributed by atoms with van der Waals surface area (Å²) < 4.78 is 3.93. The predicted molar refractivity (Wildman–Crippen MR) is 141 cm³/mol. The van der Waals surface area contributed by atoms with E-state index in [9.17, 15) is 4.79 Å². The summed E-state index contributed by atoms with van der Waals surface area (Å²) in [7, 11) is 0. The Labute approximate surface area is 196 Å². The molecule has 33 heavy (non-hydrogen) atoms.